The monoisotopic (exact) mass is 369 g/mol. The van der Waals surface area contributed by atoms with E-state index in [1.165, 1.54) is 16.7 Å². The summed E-state index contributed by atoms with van der Waals surface area (Å²) in [5.74, 6) is 1.93. The number of thiocarbonyl (C=S) groups is 1. The molecule has 1 atom stereocenters. The molecule has 2 aromatic rings. The quantitative estimate of drug-likeness (QED) is 0.803. The smallest absolute Gasteiger partial charge is 0.198 e. The van der Waals surface area contributed by atoms with Crippen LogP contribution in [0.25, 0.3) is 0 Å². The number of hydrogen-bond donors (Lipinski definition) is 1. The number of anilines is 1. The van der Waals surface area contributed by atoms with Crippen molar-refractivity contribution in [2.24, 2.45) is 0 Å². The van der Waals surface area contributed by atoms with Crippen molar-refractivity contribution in [2.45, 2.75) is 19.2 Å². The number of aryl methyl sites for hydroxylation is 2. The SMILES string of the molecule is COc1ccc(C2SC=C3N(c4ccc(C)cc4C)C(=S)NN32)cc1. The molecule has 0 bridgehead atoms. The van der Waals surface area contributed by atoms with Crippen LogP contribution in [0.5, 0.6) is 5.75 Å². The van der Waals surface area contributed by atoms with Gasteiger partial charge in [0, 0.05) is 5.41 Å². The Morgan fingerprint density at radius 1 is 1.12 bits per heavy atom. The van der Waals surface area contributed by atoms with Crippen LogP contribution in [0, 0.1) is 13.8 Å². The Hall–Kier alpha value is -2.18. The number of hydrazine groups is 1. The molecule has 0 spiro atoms. The van der Waals surface area contributed by atoms with E-state index in [9.17, 15) is 0 Å². The highest BCUT2D eigenvalue weighted by molar-refractivity contribution is 8.02. The number of ether oxygens (including phenoxy) is 1. The van der Waals surface area contributed by atoms with Crippen LogP contribution in [0.15, 0.2) is 53.7 Å². The van der Waals surface area contributed by atoms with E-state index in [-0.39, 0.29) is 5.37 Å². The molecule has 0 aliphatic carbocycles. The summed E-state index contributed by atoms with van der Waals surface area (Å²) >= 11 is 7.38. The molecule has 1 saturated heterocycles. The number of benzene rings is 2. The van der Waals surface area contributed by atoms with E-state index in [4.69, 9.17) is 17.0 Å². The molecule has 2 aromatic carbocycles. The summed E-state index contributed by atoms with van der Waals surface area (Å²) in [6.07, 6.45) is 0. The van der Waals surface area contributed by atoms with Gasteiger partial charge >= 0.3 is 0 Å². The lowest BCUT2D eigenvalue weighted by molar-refractivity contribution is 0.318. The van der Waals surface area contributed by atoms with Gasteiger partial charge in [-0.1, -0.05) is 41.6 Å². The van der Waals surface area contributed by atoms with Gasteiger partial charge in [0.1, 0.15) is 16.9 Å². The molecule has 0 saturated carbocycles. The molecule has 0 aromatic heterocycles. The minimum absolute atomic E-state index is 0.148. The van der Waals surface area contributed by atoms with Crippen molar-refractivity contribution in [1.82, 2.24) is 10.4 Å². The van der Waals surface area contributed by atoms with Crippen LogP contribution in [-0.2, 0) is 0 Å². The third-order valence-corrected chi connectivity index (χ3v) is 5.79. The molecule has 2 aliphatic rings. The fraction of sp³-hybridized carbons (Fsp3) is 0.211. The van der Waals surface area contributed by atoms with Crippen LogP contribution >= 0.6 is 24.0 Å². The summed E-state index contributed by atoms with van der Waals surface area (Å²) in [7, 11) is 1.68. The number of methoxy groups -OCH3 is 1. The van der Waals surface area contributed by atoms with Gasteiger partial charge in [0.15, 0.2) is 5.11 Å². The molecule has 25 heavy (non-hydrogen) atoms. The highest BCUT2D eigenvalue weighted by Gasteiger charge is 2.40. The van der Waals surface area contributed by atoms with Crippen molar-refractivity contribution >= 4 is 34.8 Å². The van der Waals surface area contributed by atoms with Crippen LogP contribution in [-0.4, -0.2) is 17.2 Å². The first-order valence-electron chi connectivity index (χ1n) is 8.05. The van der Waals surface area contributed by atoms with Crippen molar-refractivity contribution in [1.29, 1.82) is 0 Å². The molecule has 4 rings (SSSR count). The lowest BCUT2D eigenvalue weighted by Crippen LogP contribution is -2.32. The molecular weight excluding hydrogens is 350 g/mol. The topological polar surface area (TPSA) is 27.7 Å². The standard InChI is InChI=1S/C19H19N3OS2/c1-12-4-9-16(13(2)10-12)21-17-11-25-18(22(17)20-19(21)24)14-5-7-15(23-3)8-6-14/h4-11,18H,1-3H3,(H,20,24). The normalized spacial score (nSPS) is 18.9. The highest BCUT2D eigenvalue weighted by Crippen LogP contribution is 2.46. The second-order valence-corrected chi connectivity index (χ2v) is 7.49. The summed E-state index contributed by atoms with van der Waals surface area (Å²) in [5, 5.41) is 5.15. The van der Waals surface area contributed by atoms with Crippen molar-refractivity contribution in [3.05, 3.63) is 70.4 Å². The Bertz CT molecular complexity index is 863. The van der Waals surface area contributed by atoms with E-state index in [1.807, 2.05) is 12.1 Å². The first-order valence-corrected chi connectivity index (χ1v) is 9.40. The minimum Gasteiger partial charge on any atom is -0.497 e. The van der Waals surface area contributed by atoms with E-state index in [1.54, 1.807) is 18.9 Å². The molecule has 4 nitrogen and oxygen atoms in total. The van der Waals surface area contributed by atoms with E-state index < -0.39 is 0 Å². The highest BCUT2D eigenvalue weighted by atomic mass is 32.2. The lowest BCUT2D eigenvalue weighted by Gasteiger charge is -2.23. The zero-order valence-electron chi connectivity index (χ0n) is 14.3. The summed E-state index contributed by atoms with van der Waals surface area (Å²) in [6, 6.07) is 14.6. The van der Waals surface area contributed by atoms with Gasteiger partial charge in [0.2, 0.25) is 0 Å². The number of thioether (sulfide) groups is 1. The molecular formula is C19H19N3OS2. The van der Waals surface area contributed by atoms with Gasteiger partial charge in [-0.05, 0) is 55.4 Å². The van der Waals surface area contributed by atoms with Gasteiger partial charge < -0.3 is 4.74 Å². The molecule has 0 amide bonds. The second kappa shape index (κ2) is 6.28. The maximum atomic E-state index is 5.61. The Labute approximate surface area is 157 Å². The molecule has 128 valence electrons. The summed E-state index contributed by atoms with van der Waals surface area (Å²) < 4.78 is 5.26. The van der Waals surface area contributed by atoms with Crippen LogP contribution in [0.3, 0.4) is 0 Å². The molecule has 2 aliphatic heterocycles. The Kier molecular flexibility index (Phi) is 4.09. The Morgan fingerprint density at radius 2 is 1.88 bits per heavy atom. The predicted molar refractivity (Wildman–Crippen MR) is 107 cm³/mol. The van der Waals surface area contributed by atoms with Gasteiger partial charge in [-0.25, -0.2) is 0 Å². The van der Waals surface area contributed by atoms with Crippen LogP contribution < -0.4 is 15.1 Å². The molecule has 2 heterocycles. The van der Waals surface area contributed by atoms with Gasteiger partial charge in [0.05, 0.1) is 12.8 Å². The van der Waals surface area contributed by atoms with Gasteiger partial charge in [0.25, 0.3) is 0 Å². The Balaban J connectivity index is 1.64. The predicted octanol–water partition coefficient (Wildman–Crippen LogP) is 4.47. The number of hydrogen-bond acceptors (Lipinski definition) is 4. The number of rotatable bonds is 3. The van der Waals surface area contributed by atoms with Crippen molar-refractivity contribution in [3.8, 4) is 5.75 Å². The summed E-state index contributed by atoms with van der Waals surface area (Å²) in [6.45, 7) is 4.23. The number of nitrogens with zero attached hydrogens (tertiary/aromatic N) is 2. The van der Waals surface area contributed by atoms with Crippen LogP contribution in [0.2, 0.25) is 0 Å². The maximum Gasteiger partial charge on any atom is 0.198 e. The number of nitrogens with one attached hydrogen (secondary N) is 1. The van der Waals surface area contributed by atoms with Gasteiger partial charge in [-0.15, -0.1) is 0 Å². The maximum absolute atomic E-state index is 5.61. The number of fused-ring (bicyclic) bond motifs is 1. The molecule has 6 heteroatoms. The molecule has 1 fully saturated rings. The minimum atomic E-state index is 0.148. The fourth-order valence-corrected chi connectivity index (χ4v) is 4.54. The average Bonchev–Trinajstić information content (AvgIpc) is 3.14. The molecule has 0 radical (unpaired) electrons. The second-order valence-electron chi connectivity index (χ2n) is 6.15. The van der Waals surface area contributed by atoms with Gasteiger partial charge in [-0.2, -0.15) is 0 Å². The zero-order chi connectivity index (χ0) is 17.6. The zero-order valence-corrected chi connectivity index (χ0v) is 15.9. The van der Waals surface area contributed by atoms with E-state index in [0.717, 1.165) is 17.3 Å². The third kappa shape index (κ3) is 2.75. The van der Waals surface area contributed by atoms with E-state index in [0.29, 0.717) is 5.11 Å². The van der Waals surface area contributed by atoms with Crippen molar-refractivity contribution < 1.29 is 4.74 Å². The first-order chi connectivity index (χ1) is 12.1. The summed E-state index contributed by atoms with van der Waals surface area (Å²) in [5.41, 5.74) is 8.14. The van der Waals surface area contributed by atoms with E-state index in [2.05, 4.69) is 64.9 Å². The van der Waals surface area contributed by atoms with Crippen LogP contribution in [0.4, 0.5) is 5.69 Å². The van der Waals surface area contributed by atoms with Gasteiger partial charge in [-0.3, -0.25) is 15.3 Å². The largest absolute Gasteiger partial charge is 0.497 e. The lowest BCUT2D eigenvalue weighted by atomic mass is 10.1. The molecule has 1 unspecified atom stereocenters. The van der Waals surface area contributed by atoms with E-state index >= 15 is 0 Å². The van der Waals surface area contributed by atoms with Crippen LogP contribution in [0.1, 0.15) is 22.1 Å². The average molecular weight is 370 g/mol. The molecule has 1 N–H and O–H groups in total. The van der Waals surface area contributed by atoms with Crippen molar-refractivity contribution in [2.75, 3.05) is 12.0 Å². The van der Waals surface area contributed by atoms with Crippen molar-refractivity contribution in [3.63, 3.8) is 0 Å². The third-order valence-electron chi connectivity index (χ3n) is 4.43. The first kappa shape index (κ1) is 16.3. The Morgan fingerprint density at radius 3 is 2.56 bits per heavy atom. The summed E-state index contributed by atoms with van der Waals surface area (Å²) in [4.78, 5) is 2.11. The fourth-order valence-electron chi connectivity index (χ4n) is 3.18.